The molecule has 1 aromatic heterocycles. The van der Waals surface area contributed by atoms with Gasteiger partial charge in [-0.3, -0.25) is 9.47 Å². The van der Waals surface area contributed by atoms with Gasteiger partial charge in [0, 0.05) is 39.1 Å². The molecule has 1 saturated heterocycles. The van der Waals surface area contributed by atoms with Crippen molar-refractivity contribution in [2.24, 2.45) is 0 Å². The van der Waals surface area contributed by atoms with Gasteiger partial charge in [0.25, 0.3) is 0 Å². The SMILES string of the molecule is CCC(c1ccccc1)n1c(CCN2CCN(C3=C(OC)C=CCC3)CC2)n[nH]c1=O. The van der Waals surface area contributed by atoms with Gasteiger partial charge in [0.2, 0.25) is 0 Å². The summed E-state index contributed by atoms with van der Waals surface area (Å²) in [6.07, 6.45) is 8.02. The predicted molar refractivity (Wildman–Crippen MR) is 122 cm³/mol. The molecule has 0 bridgehead atoms. The first-order valence-electron chi connectivity index (χ1n) is 11.3. The fourth-order valence-electron chi connectivity index (χ4n) is 4.71. The summed E-state index contributed by atoms with van der Waals surface area (Å²) in [5.41, 5.74) is 2.35. The number of hydrogen-bond donors (Lipinski definition) is 1. The molecule has 2 aliphatic rings. The molecule has 0 spiro atoms. The minimum atomic E-state index is -0.125. The summed E-state index contributed by atoms with van der Waals surface area (Å²) in [4.78, 5) is 17.5. The average molecular weight is 424 g/mol. The second-order valence-electron chi connectivity index (χ2n) is 8.18. The van der Waals surface area contributed by atoms with Crippen LogP contribution in [0.4, 0.5) is 0 Å². The molecule has 31 heavy (non-hydrogen) atoms. The molecule has 0 radical (unpaired) electrons. The van der Waals surface area contributed by atoms with Gasteiger partial charge in [-0.1, -0.05) is 43.3 Å². The summed E-state index contributed by atoms with van der Waals surface area (Å²) in [5, 5.41) is 7.04. The Kier molecular flexibility index (Phi) is 6.92. The molecule has 7 nitrogen and oxygen atoms in total. The Morgan fingerprint density at radius 1 is 1.16 bits per heavy atom. The Morgan fingerprint density at radius 3 is 2.65 bits per heavy atom. The van der Waals surface area contributed by atoms with Crippen molar-refractivity contribution in [3.05, 3.63) is 75.8 Å². The van der Waals surface area contributed by atoms with Crippen LogP contribution in [0.5, 0.6) is 0 Å². The van der Waals surface area contributed by atoms with E-state index in [0.29, 0.717) is 0 Å². The minimum Gasteiger partial charge on any atom is -0.495 e. The van der Waals surface area contributed by atoms with Crippen LogP contribution in [-0.2, 0) is 11.2 Å². The lowest BCUT2D eigenvalue weighted by atomic mass is 10.0. The van der Waals surface area contributed by atoms with E-state index in [2.05, 4.69) is 51.2 Å². The normalized spacial score (nSPS) is 18.5. The average Bonchev–Trinajstić information content (AvgIpc) is 3.19. The van der Waals surface area contributed by atoms with Crippen molar-refractivity contribution in [3.63, 3.8) is 0 Å². The van der Waals surface area contributed by atoms with E-state index in [1.165, 1.54) is 5.70 Å². The lowest BCUT2D eigenvalue weighted by Crippen LogP contribution is -2.47. The monoisotopic (exact) mass is 423 g/mol. The predicted octanol–water partition coefficient (Wildman–Crippen LogP) is 2.94. The summed E-state index contributed by atoms with van der Waals surface area (Å²) in [6, 6.07) is 10.2. The maximum Gasteiger partial charge on any atom is 0.343 e. The van der Waals surface area contributed by atoms with E-state index in [1.807, 2.05) is 22.8 Å². The van der Waals surface area contributed by atoms with Crippen LogP contribution in [0.25, 0.3) is 0 Å². The molecule has 1 N–H and O–H groups in total. The maximum atomic E-state index is 12.5. The number of benzene rings is 1. The van der Waals surface area contributed by atoms with Crippen molar-refractivity contribution < 1.29 is 4.74 Å². The van der Waals surface area contributed by atoms with Crippen molar-refractivity contribution in [3.8, 4) is 0 Å². The lowest BCUT2D eigenvalue weighted by Gasteiger charge is -2.38. The van der Waals surface area contributed by atoms with E-state index in [0.717, 1.165) is 75.6 Å². The van der Waals surface area contributed by atoms with Crippen LogP contribution in [-0.4, -0.2) is 64.4 Å². The summed E-state index contributed by atoms with van der Waals surface area (Å²) in [5.74, 6) is 1.84. The van der Waals surface area contributed by atoms with Crippen LogP contribution in [0.3, 0.4) is 0 Å². The number of nitrogens with one attached hydrogen (secondary N) is 1. The molecule has 166 valence electrons. The topological polar surface area (TPSA) is 66.4 Å². The van der Waals surface area contributed by atoms with E-state index in [-0.39, 0.29) is 11.7 Å². The summed E-state index contributed by atoms with van der Waals surface area (Å²) in [6.45, 7) is 7.04. The summed E-state index contributed by atoms with van der Waals surface area (Å²) < 4.78 is 7.41. The van der Waals surface area contributed by atoms with Crippen LogP contribution in [0, 0.1) is 0 Å². The number of aromatic amines is 1. The number of piperazine rings is 1. The zero-order chi connectivity index (χ0) is 21.6. The van der Waals surface area contributed by atoms with Crippen molar-refractivity contribution in [1.82, 2.24) is 24.6 Å². The number of allylic oxidation sites excluding steroid dienone is 3. The van der Waals surface area contributed by atoms with Crippen LogP contribution in [0.1, 0.15) is 43.6 Å². The van der Waals surface area contributed by atoms with Gasteiger partial charge in [-0.05, 0) is 30.9 Å². The Morgan fingerprint density at radius 2 is 1.94 bits per heavy atom. The fraction of sp³-hybridized carbons (Fsp3) is 0.500. The van der Waals surface area contributed by atoms with Gasteiger partial charge in [0.1, 0.15) is 11.6 Å². The molecule has 1 aliphatic carbocycles. The third-order valence-electron chi connectivity index (χ3n) is 6.39. The molecular formula is C24H33N5O2. The zero-order valence-electron chi connectivity index (χ0n) is 18.6. The molecule has 1 aliphatic heterocycles. The maximum absolute atomic E-state index is 12.5. The molecule has 7 heteroatoms. The van der Waals surface area contributed by atoms with Crippen molar-refractivity contribution in [1.29, 1.82) is 0 Å². The molecule has 4 rings (SSSR count). The zero-order valence-corrected chi connectivity index (χ0v) is 18.6. The van der Waals surface area contributed by atoms with Gasteiger partial charge in [0.15, 0.2) is 0 Å². The quantitative estimate of drug-likeness (QED) is 0.707. The first-order chi connectivity index (χ1) is 15.2. The number of ether oxygens (including phenoxy) is 1. The van der Waals surface area contributed by atoms with Gasteiger partial charge in [0.05, 0.1) is 18.8 Å². The van der Waals surface area contributed by atoms with Gasteiger partial charge < -0.3 is 9.64 Å². The Labute approximate surface area is 184 Å². The second kappa shape index (κ2) is 10.0. The van der Waals surface area contributed by atoms with E-state index in [1.54, 1.807) is 7.11 Å². The highest BCUT2D eigenvalue weighted by atomic mass is 16.5. The Balaban J connectivity index is 1.39. The van der Waals surface area contributed by atoms with E-state index in [9.17, 15) is 4.79 Å². The smallest absolute Gasteiger partial charge is 0.343 e. The van der Waals surface area contributed by atoms with Crippen LogP contribution in [0.15, 0.2) is 58.7 Å². The standard InChI is InChI=1S/C24H33N5O2/c1-3-20(19-9-5-4-6-10-19)29-23(25-26-24(29)30)13-14-27-15-17-28(18-16-27)21-11-7-8-12-22(21)31-2/h4-6,8-10,12,20H,3,7,11,13-18H2,1-2H3,(H,26,30). The van der Waals surface area contributed by atoms with Crippen molar-refractivity contribution in [2.75, 3.05) is 39.8 Å². The highest BCUT2D eigenvalue weighted by molar-refractivity contribution is 5.24. The Hall–Kier alpha value is -2.80. The van der Waals surface area contributed by atoms with E-state index < -0.39 is 0 Å². The number of methoxy groups -OCH3 is 1. The number of rotatable bonds is 8. The molecule has 0 saturated carbocycles. The summed E-state index contributed by atoms with van der Waals surface area (Å²) >= 11 is 0. The minimum absolute atomic E-state index is 0.0121. The largest absolute Gasteiger partial charge is 0.495 e. The van der Waals surface area contributed by atoms with E-state index >= 15 is 0 Å². The highest BCUT2D eigenvalue weighted by Gasteiger charge is 2.23. The molecule has 1 fully saturated rings. The first kappa shape index (κ1) is 21.4. The summed E-state index contributed by atoms with van der Waals surface area (Å²) in [7, 11) is 1.75. The molecule has 1 aromatic carbocycles. The van der Waals surface area contributed by atoms with Crippen molar-refractivity contribution >= 4 is 0 Å². The van der Waals surface area contributed by atoms with Gasteiger partial charge >= 0.3 is 5.69 Å². The number of H-pyrrole nitrogens is 1. The van der Waals surface area contributed by atoms with Crippen LogP contribution in [0.2, 0.25) is 0 Å². The molecule has 2 heterocycles. The van der Waals surface area contributed by atoms with Crippen molar-refractivity contribution in [2.45, 2.75) is 38.6 Å². The van der Waals surface area contributed by atoms with Crippen LogP contribution < -0.4 is 5.69 Å². The first-order valence-corrected chi connectivity index (χ1v) is 11.3. The molecule has 1 unspecified atom stereocenters. The van der Waals surface area contributed by atoms with Crippen LogP contribution >= 0.6 is 0 Å². The van der Waals surface area contributed by atoms with E-state index in [4.69, 9.17) is 4.74 Å². The number of nitrogens with zero attached hydrogens (tertiary/aromatic N) is 4. The molecular weight excluding hydrogens is 390 g/mol. The van der Waals surface area contributed by atoms with Gasteiger partial charge in [-0.2, -0.15) is 5.10 Å². The Bertz CT molecular complexity index is 967. The van der Waals surface area contributed by atoms with Gasteiger partial charge in [-0.25, -0.2) is 9.89 Å². The van der Waals surface area contributed by atoms with Gasteiger partial charge in [-0.15, -0.1) is 0 Å². The molecule has 2 aromatic rings. The lowest BCUT2D eigenvalue weighted by molar-refractivity contribution is 0.147. The third-order valence-corrected chi connectivity index (χ3v) is 6.39. The molecule has 0 amide bonds. The number of aromatic nitrogens is 3. The number of hydrogen-bond acceptors (Lipinski definition) is 5. The second-order valence-corrected chi connectivity index (χ2v) is 8.18. The highest BCUT2D eigenvalue weighted by Crippen LogP contribution is 2.25. The fourth-order valence-corrected chi connectivity index (χ4v) is 4.71. The third kappa shape index (κ3) is 4.77. The molecule has 1 atom stereocenters.